The van der Waals surface area contributed by atoms with Crippen LogP contribution in [0.15, 0.2) is 93.5 Å². The maximum atomic E-state index is 15.4. The van der Waals surface area contributed by atoms with Crippen molar-refractivity contribution in [2.45, 2.75) is 65.6 Å². The lowest BCUT2D eigenvalue weighted by molar-refractivity contribution is -0.0429. The highest BCUT2D eigenvalue weighted by Crippen LogP contribution is 2.48. The molecule has 160 valence electrons. The van der Waals surface area contributed by atoms with Gasteiger partial charge in [0.2, 0.25) is 0 Å². The van der Waals surface area contributed by atoms with Gasteiger partial charge in [-0.15, -0.1) is 0 Å². The molecule has 0 aliphatic carbocycles. The van der Waals surface area contributed by atoms with Crippen LogP contribution in [0.2, 0.25) is 0 Å². The third kappa shape index (κ3) is 3.77. The summed E-state index contributed by atoms with van der Waals surface area (Å²) in [6, 6.07) is 26.1. The molecule has 31 heavy (non-hydrogen) atoms. The summed E-state index contributed by atoms with van der Waals surface area (Å²) >= 11 is 0. The van der Waals surface area contributed by atoms with Gasteiger partial charge in [-0.05, 0) is 55.2 Å². The van der Waals surface area contributed by atoms with E-state index in [9.17, 15) is 0 Å². The number of ether oxygens (including phenoxy) is 2. The Morgan fingerprint density at radius 3 is 2.03 bits per heavy atom. The number of fused-ring (bicyclic) bond motifs is 2. The predicted molar refractivity (Wildman–Crippen MR) is 122 cm³/mol. The van der Waals surface area contributed by atoms with Crippen LogP contribution in [-0.2, 0) is 15.6 Å². The van der Waals surface area contributed by atoms with Crippen LogP contribution < -0.4 is 4.74 Å². The van der Waals surface area contributed by atoms with Gasteiger partial charge in [0, 0.05) is 12.5 Å². The Labute approximate surface area is 186 Å². The lowest BCUT2D eigenvalue weighted by atomic mass is 9.77. The van der Waals surface area contributed by atoms with Crippen LogP contribution in [0.1, 0.15) is 33.1 Å². The summed E-state index contributed by atoms with van der Waals surface area (Å²) in [5, 5.41) is 0. The van der Waals surface area contributed by atoms with E-state index >= 15 is 4.39 Å². The maximum Gasteiger partial charge on any atom is 0.170 e. The Morgan fingerprint density at radius 2 is 1.55 bits per heavy atom. The van der Waals surface area contributed by atoms with E-state index in [0.29, 0.717) is 5.75 Å². The van der Waals surface area contributed by atoms with Crippen LogP contribution in [0.5, 0.6) is 5.75 Å². The van der Waals surface area contributed by atoms with Crippen molar-refractivity contribution in [1.82, 2.24) is 0 Å². The first-order valence-electron chi connectivity index (χ1n) is 11.1. The normalized spacial score (nSPS) is 24.8. The molecule has 2 heterocycles. The Balaban J connectivity index is 1.49. The average Bonchev–Trinajstić information content (AvgIpc) is 3.39. The molecular formula is C27H28FO2S+. The van der Waals surface area contributed by atoms with E-state index in [1.165, 1.54) is 9.79 Å². The monoisotopic (exact) mass is 435 g/mol. The average molecular weight is 436 g/mol. The van der Waals surface area contributed by atoms with Crippen molar-refractivity contribution in [3.63, 3.8) is 0 Å². The minimum atomic E-state index is -0.439. The van der Waals surface area contributed by atoms with Crippen molar-refractivity contribution >= 4 is 10.9 Å². The molecule has 2 aliphatic heterocycles. The standard InChI is InChI=1S/C27H28FO2S/c1-19(2)27(18-20-13-16-26(27)29-20)30-25-15-14-23(17-24(25)28)31(21-9-5-3-6-10-21)22-11-7-4-8-12-22/h3-12,14-15,17,19-20,26H,13,16,18H2,1-2H3/q+1. The highest BCUT2D eigenvalue weighted by molar-refractivity contribution is 7.97. The first-order chi connectivity index (χ1) is 15.1. The highest BCUT2D eigenvalue weighted by atomic mass is 32.2. The molecule has 0 amide bonds. The molecule has 0 aromatic heterocycles. The molecule has 2 bridgehead atoms. The van der Waals surface area contributed by atoms with Crippen molar-refractivity contribution in [1.29, 1.82) is 0 Å². The number of hydrogen-bond acceptors (Lipinski definition) is 2. The van der Waals surface area contributed by atoms with Crippen LogP contribution in [-0.4, -0.2) is 17.8 Å². The zero-order valence-corrected chi connectivity index (χ0v) is 18.8. The third-order valence-electron chi connectivity index (χ3n) is 6.57. The number of hydrogen-bond donors (Lipinski definition) is 0. The first-order valence-corrected chi connectivity index (χ1v) is 12.3. The quantitative estimate of drug-likeness (QED) is 0.404. The Kier molecular flexibility index (Phi) is 5.53. The molecule has 2 saturated heterocycles. The predicted octanol–water partition coefficient (Wildman–Crippen LogP) is 6.65. The van der Waals surface area contributed by atoms with Gasteiger partial charge in [0.05, 0.1) is 23.1 Å². The largest absolute Gasteiger partial charge is 0.481 e. The summed E-state index contributed by atoms with van der Waals surface area (Å²) in [5.41, 5.74) is -0.439. The number of benzene rings is 3. The van der Waals surface area contributed by atoms with Crippen molar-refractivity contribution in [3.8, 4) is 5.75 Å². The zero-order chi connectivity index (χ0) is 21.4. The SMILES string of the molecule is CC(C)C1(Oc2ccc([S+](c3ccccc3)c3ccccc3)cc2F)CC2CCC1O2. The van der Waals surface area contributed by atoms with Gasteiger partial charge in [-0.1, -0.05) is 50.2 Å². The fourth-order valence-electron chi connectivity index (χ4n) is 4.95. The molecule has 3 aromatic carbocycles. The van der Waals surface area contributed by atoms with Gasteiger partial charge >= 0.3 is 0 Å². The molecular weight excluding hydrogens is 407 g/mol. The van der Waals surface area contributed by atoms with Gasteiger partial charge in [-0.25, -0.2) is 4.39 Å². The summed E-state index contributed by atoms with van der Waals surface area (Å²) in [6.45, 7) is 4.30. The van der Waals surface area contributed by atoms with Crippen molar-refractivity contribution < 1.29 is 13.9 Å². The second-order valence-electron chi connectivity index (χ2n) is 8.76. The Morgan fingerprint density at radius 1 is 0.903 bits per heavy atom. The van der Waals surface area contributed by atoms with Crippen molar-refractivity contribution in [3.05, 3.63) is 84.7 Å². The van der Waals surface area contributed by atoms with Gasteiger partial charge in [-0.2, -0.15) is 0 Å². The smallest absolute Gasteiger partial charge is 0.170 e. The summed E-state index contributed by atoms with van der Waals surface area (Å²) in [7, 11) is -0.378. The van der Waals surface area contributed by atoms with Crippen LogP contribution in [0.4, 0.5) is 4.39 Å². The second kappa shape index (κ2) is 8.33. The van der Waals surface area contributed by atoms with Gasteiger partial charge in [0.15, 0.2) is 26.3 Å². The third-order valence-corrected chi connectivity index (χ3v) is 8.79. The number of halogens is 1. The summed E-state index contributed by atoms with van der Waals surface area (Å²) in [4.78, 5) is 3.29. The van der Waals surface area contributed by atoms with Crippen molar-refractivity contribution in [2.24, 2.45) is 5.92 Å². The molecule has 0 saturated carbocycles. The molecule has 2 nitrogen and oxygen atoms in total. The molecule has 3 aromatic rings. The Bertz CT molecular complexity index is 1000. The van der Waals surface area contributed by atoms with E-state index in [4.69, 9.17) is 9.47 Å². The van der Waals surface area contributed by atoms with E-state index in [-0.39, 0.29) is 34.8 Å². The van der Waals surface area contributed by atoms with E-state index in [2.05, 4.69) is 38.1 Å². The van der Waals surface area contributed by atoms with Crippen LogP contribution in [0, 0.1) is 11.7 Å². The minimum absolute atomic E-state index is 0.0554. The van der Waals surface area contributed by atoms with E-state index in [0.717, 1.165) is 24.2 Å². The first kappa shape index (κ1) is 20.6. The molecule has 0 N–H and O–H groups in total. The summed E-state index contributed by atoms with van der Waals surface area (Å²) < 4.78 is 27.9. The van der Waals surface area contributed by atoms with Gasteiger partial charge in [0.25, 0.3) is 0 Å². The molecule has 2 aliphatic rings. The van der Waals surface area contributed by atoms with Gasteiger partial charge < -0.3 is 9.47 Å². The second-order valence-corrected chi connectivity index (χ2v) is 10.8. The minimum Gasteiger partial charge on any atom is -0.481 e. The molecule has 3 unspecified atom stereocenters. The van der Waals surface area contributed by atoms with Crippen LogP contribution in [0.3, 0.4) is 0 Å². The van der Waals surface area contributed by atoms with Gasteiger partial charge in [-0.3, -0.25) is 0 Å². The Hall–Kier alpha value is -2.30. The summed E-state index contributed by atoms with van der Waals surface area (Å²) in [5.74, 6) is 0.285. The molecule has 0 radical (unpaired) electrons. The van der Waals surface area contributed by atoms with E-state index in [1.807, 2.05) is 48.5 Å². The zero-order valence-electron chi connectivity index (χ0n) is 18.0. The van der Waals surface area contributed by atoms with Crippen LogP contribution >= 0.6 is 0 Å². The summed E-state index contributed by atoms with van der Waals surface area (Å²) in [6.07, 6.45) is 3.22. The molecule has 4 heteroatoms. The van der Waals surface area contributed by atoms with E-state index in [1.54, 1.807) is 6.07 Å². The van der Waals surface area contributed by atoms with Crippen molar-refractivity contribution in [2.75, 3.05) is 0 Å². The topological polar surface area (TPSA) is 18.5 Å². The van der Waals surface area contributed by atoms with E-state index < -0.39 is 5.60 Å². The lowest BCUT2D eigenvalue weighted by Gasteiger charge is -2.39. The lowest BCUT2D eigenvalue weighted by Crippen LogP contribution is -2.50. The fourth-order valence-corrected chi connectivity index (χ4v) is 7.05. The molecule has 5 rings (SSSR count). The fraction of sp³-hybridized carbons (Fsp3) is 0.333. The molecule has 2 fully saturated rings. The molecule has 0 spiro atoms. The molecule has 3 atom stereocenters. The highest BCUT2D eigenvalue weighted by Gasteiger charge is 2.56. The van der Waals surface area contributed by atoms with Gasteiger partial charge in [0.1, 0.15) is 5.60 Å². The number of rotatable bonds is 6. The van der Waals surface area contributed by atoms with Crippen LogP contribution in [0.25, 0.3) is 0 Å². The maximum absolute atomic E-state index is 15.4.